The van der Waals surface area contributed by atoms with Crippen LogP contribution in [0.3, 0.4) is 0 Å². The number of carbonyl (C=O) groups excluding carboxylic acids is 1. The fourth-order valence-corrected chi connectivity index (χ4v) is 1.62. The number of ether oxygens (including phenoxy) is 1. The molecular weight excluding hydrogens is 200 g/mol. The van der Waals surface area contributed by atoms with Crippen LogP contribution in [0.15, 0.2) is 42.7 Å². The highest BCUT2D eigenvalue weighted by Gasteiger charge is 2.19. The molecule has 0 N–H and O–H groups in total. The van der Waals surface area contributed by atoms with Gasteiger partial charge in [-0.3, -0.25) is 4.79 Å². The highest BCUT2D eigenvalue weighted by Crippen LogP contribution is 2.18. The summed E-state index contributed by atoms with van der Waals surface area (Å²) < 4.78 is 5.32. The van der Waals surface area contributed by atoms with Gasteiger partial charge in [0.1, 0.15) is 5.78 Å². The first-order valence-corrected chi connectivity index (χ1v) is 5.51. The van der Waals surface area contributed by atoms with E-state index in [2.05, 4.69) is 6.58 Å². The number of rotatable bonds is 6. The first-order chi connectivity index (χ1) is 7.65. The highest BCUT2D eigenvalue weighted by atomic mass is 16.5. The molecule has 16 heavy (non-hydrogen) atoms. The zero-order valence-electron chi connectivity index (χ0n) is 9.90. The van der Waals surface area contributed by atoms with Crippen molar-refractivity contribution in [2.45, 2.75) is 20.3 Å². The number of benzene rings is 1. The van der Waals surface area contributed by atoms with Crippen LogP contribution in [-0.2, 0) is 16.0 Å². The van der Waals surface area contributed by atoms with Gasteiger partial charge in [0.15, 0.2) is 0 Å². The first-order valence-electron chi connectivity index (χ1n) is 5.51. The topological polar surface area (TPSA) is 26.3 Å². The molecule has 0 heterocycles. The average molecular weight is 218 g/mol. The molecule has 0 amide bonds. The molecule has 1 atom stereocenters. The molecule has 2 heteroatoms. The molecule has 0 aliphatic carbocycles. The van der Waals surface area contributed by atoms with Crippen LogP contribution in [0, 0.1) is 5.92 Å². The Morgan fingerprint density at radius 3 is 2.50 bits per heavy atom. The zero-order chi connectivity index (χ0) is 12.0. The maximum atomic E-state index is 11.5. The molecule has 0 saturated carbocycles. The minimum atomic E-state index is -0.234. The van der Waals surface area contributed by atoms with Crippen LogP contribution >= 0.6 is 0 Å². The summed E-state index contributed by atoms with van der Waals surface area (Å²) in [5.41, 5.74) is 1.13. The summed E-state index contributed by atoms with van der Waals surface area (Å²) in [7, 11) is 0. The summed E-state index contributed by atoms with van der Waals surface area (Å²) in [6.45, 7) is 7.85. The highest BCUT2D eigenvalue weighted by molar-refractivity contribution is 5.81. The Kier molecular flexibility index (Phi) is 4.77. The molecule has 86 valence electrons. The van der Waals surface area contributed by atoms with Crippen molar-refractivity contribution in [2.75, 3.05) is 6.61 Å². The molecule has 1 aromatic rings. The quantitative estimate of drug-likeness (QED) is 0.686. The van der Waals surface area contributed by atoms with Gasteiger partial charge < -0.3 is 4.74 Å². The Morgan fingerprint density at radius 2 is 2.00 bits per heavy atom. The molecular formula is C14H18O2. The fourth-order valence-electron chi connectivity index (χ4n) is 1.62. The molecule has 0 aromatic heterocycles. The molecule has 0 aliphatic rings. The number of carbonyl (C=O) groups is 1. The van der Waals surface area contributed by atoms with Gasteiger partial charge in [-0.25, -0.2) is 0 Å². The molecule has 1 unspecified atom stereocenters. The van der Waals surface area contributed by atoms with Crippen LogP contribution in [0.2, 0.25) is 0 Å². The van der Waals surface area contributed by atoms with Gasteiger partial charge in [0.2, 0.25) is 0 Å². The van der Waals surface area contributed by atoms with Crippen molar-refractivity contribution >= 4 is 5.78 Å². The van der Waals surface area contributed by atoms with Crippen molar-refractivity contribution in [2.24, 2.45) is 5.92 Å². The normalized spacial score (nSPS) is 11.9. The van der Waals surface area contributed by atoms with E-state index in [1.54, 1.807) is 6.92 Å². The Bertz CT molecular complexity index is 354. The summed E-state index contributed by atoms with van der Waals surface area (Å²) in [5.74, 6) is 0.434. The monoisotopic (exact) mass is 218 g/mol. The Balaban J connectivity index is 2.73. The van der Waals surface area contributed by atoms with Crippen molar-refractivity contribution in [3.8, 4) is 0 Å². The van der Waals surface area contributed by atoms with Gasteiger partial charge in [-0.15, -0.1) is 0 Å². The van der Waals surface area contributed by atoms with Crippen LogP contribution in [0.5, 0.6) is 0 Å². The third kappa shape index (κ3) is 3.54. The van der Waals surface area contributed by atoms with Crippen molar-refractivity contribution < 1.29 is 9.53 Å². The maximum Gasteiger partial charge on any atom is 0.140 e. The summed E-state index contributed by atoms with van der Waals surface area (Å²) in [4.78, 5) is 11.5. The van der Waals surface area contributed by atoms with Crippen LogP contribution in [0.25, 0.3) is 0 Å². The number of hydrogen-bond donors (Lipinski definition) is 0. The molecule has 0 fully saturated rings. The molecule has 2 nitrogen and oxygen atoms in total. The lowest BCUT2D eigenvalue weighted by atomic mass is 9.94. The second kappa shape index (κ2) is 6.11. The van der Waals surface area contributed by atoms with E-state index in [1.807, 2.05) is 37.3 Å². The minimum Gasteiger partial charge on any atom is -0.498 e. The van der Waals surface area contributed by atoms with Crippen LogP contribution in [-0.4, -0.2) is 12.4 Å². The van der Waals surface area contributed by atoms with Crippen molar-refractivity contribution in [1.82, 2.24) is 0 Å². The molecule has 0 spiro atoms. The molecule has 0 saturated heterocycles. The van der Waals surface area contributed by atoms with Crippen LogP contribution in [0.1, 0.15) is 19.4 Å². The van der Waals surface area contributed by atoms with Gasteiger partial charge in [0.25, 0.3) is 0 Å². The smallest absolute Gasteiger partial charge is 0.140 e. The molecule has 0 radical (unpaired) electrons. The molecule has 1 rings (SSSR count). The number of ketones is 1. The van der Waals surface area contributed by atoms with Crippen LogP contribution < -0.4 is 0 Å². The lowest BCUT2D eigenvalue weighted by molar-refractivity contribution is -0.120. The zero-order valence-corrected chi connectivity index (χ0v) is 9.90. The first kappa shape index (κ1) is 12.5. The van der Waals surface area contributed by atoms with Gasteiger partial charge in [-0.2, -0.15) is 0 Å². The van der Waals surface area contributed by atoms with E-state index in [1.165, 1.54) is 0 Å². The van der Waals surface area contributed by atoms with E-state index < -0.39 is 0 Å². The van der Waals surface area contributed by atoms with E-state index in [9.17, 15) is 4.79 Å². The minimum absolute atomic E-state index is 0.0994. The van der Waals surface area contributed by atoms with Gasteiger partial charge >= 0.3 is 0 Å². The maximum absolute atomic E-state index is 11.5. The molecule has 0 bridgehead atoms. The lowest BCUT2D eigenvalue weighted by Gasteiger charge is -2.16. The van der Waals surface area contributed by atoms with E-state index in [0.717, 1.165) is 5.56 Å². The molecule has 0 aliphatic heterocycles. The third-order valence-corrected chi connectivity index (χ3v) is 2.49. The van der Waals surface area contributed by atoms with Gasteiger partial charge in [-0.1, -0.05) is 36.9 Å². The largest absolute Gasteiger partial charge is 0.498 e. The third-order valence-electron chi connectivity index (χ3n) is 2.49. The van der Waals surface area contributed by atoms with Crippen molar-refractivity contribution in [3.63, 3.8) is 0 Å². The predicted octanol–water partition coefficient (Wildman–Crippen LogP) is 2.98. The Morgan fingerprint density at radius 1 is 1.38 bits per heavy atom. The van der Waals surface area contributed by atoms with Gasteiger partial charge in [-0.05, 0) is 25.8 Å². The summed E-state index contributed by atoms with van der Waals surface area (Å²) >= 11 is 0. The van der Waals surface area contributed by atoms with E-state index >= 15 is 0 Å². The van der Waals surface area contributed by atoms with E-state index in [0.29, 0.717) is 18.8 Å². The molecule has 1 aromatic carbocycles. The number of Topliss-reactive ketones (excluding diaryl/α,β-unsaturated/α-hetero) is 1. The number of allylic oxidation sites excluding steroid dienone is 1. The van der Waals surface area contributed by atoms with Crippen molar-refractivity contribution in [3.05, 3.63) is 48.2 Å². The average Bonchev–Trinajstić information content (AvgIpc) is 2.27. The summed E-state index contributed by atoms with van der Waals surface area (Å²) in [5, 5.41) is 0. The summed E-state index contributed by atoms with van der Waals surface area (Å²) in [6, 6.07) is 9.92. The Labute approximate surface area is 96.9 Å². The van der Waals surface area contributed by atoms with Crippen molar-refractivity contribution in [1.29, 1.82) is 0 Å². The lowest BCUT2D eigenvalue weighted by Crippen LogP contribution is -2.18. The number of hydrogen-bond acceptors (Lipinski definition) is 2. The van der Waals surface area contributed by atoms with E-state index in [-0.39, 0.29) is 11.7 Å². The second-order valence-electron chi connectivity index (χ2n) is 3.75. The van der Waals surface area contributed by atoms with Crippen LogP contribution in [0.4, 0.5) is 0 Å². The summed E-state index contributed by atoms with van der Waals surface area (Å²) in [6.07, 6.45) is 0.662. The second-order valence-corrected chi connectivity index (χ2v) is 3.75. The fraction of sp³-hybridized carbons (Fsp3) is 0.357. The van der Waals surface area contributed by atoms with E-state index in [4.69, 9.17) is 4.74 Å². The van der Waals surface area contributed by atoms with Gasteiger partial charge in [0, 0.05) is 0 Å². The standard InChI is InChI=1S/C14H18O2/c1-4-16-12(3)14(11(2)15)10-13-8-6-5-7-9-13/h5-9,14H,3-4,10H2,1-2H3. The Hall–Kier alpha value is -1.57. The van der Waals surface area contributed by atoms with Gasteiger partial charge in [0.05, 0.1) is 18.3 Å². The predicted molar refractivity (Wildman–Crippen MR) is 65.1 cm³/mol. The SMILES string of the molecule is C=C(OCC)C(Cc1ccccc1)C(C)=O.